The quantitative estimate of drug-likeness (QED) is 0.660. The Morgan fingerprint density at radius 1 is 1.50 bits per heavy atom. The number of nitrogens with zero attached hydrogens (tertiary/aromatic N) is 2. The fourth-order valence-corrected chi connectivity index (χ4v) is 2.29. The number of nitro groups is 1. The van der Waals surface area contributed by atoms with Crippen LogP contribution in [-0.2, 0) is 0 Å². The molecular weight excluding hydrogens is 237 g/mol. The molecule has 1 aromatic carbocycles. The number of non-ortho nitro benzene ring substituents is 1. The minimum absolute atomic E-state index is 0.198. The second-order valence-corrected chi connectivity index (χ2v) is 4.50. The summed E-state index contributed by atoms with van der Waals surface area (Å²) in [4.78, 5) is 12.1. The fraction of sp³-hybridized carbons (Fsp3) is 0.500. The topological polar surface area (TPSA) is 58.4 Å². The highest BCUT2D eigenvalue weighted by atomic mass is 19.1. The normalized spacial score (nSPS) is 19.9. The lowest BCUT2D eigenvalue weighted by molar-refractivity contribution is -0.385. The SMILES string of the molecule is CNC1CCCN(c2cc(F)cc([N+](=O)[O-])c2)C1. The van der Waals surface area contributed by atoms with E-state index in [0.717, 1.165) is 32.0 Å². The fourth-order valence-electron chi connectivity index (χ4n) is 2.29. The van der Waals surface area contributed by atoms with Gasteiger partial charge in [-0.1, -0.05) is 0 Å². The molecule has 1 saturated heterocycles. The summed E-state index contributed by atoms with van der Waals surface area (Å²) in [6.07, 6.45) is 2.07. The molecule has 1 N–H and O–H groups in total. The maximum absolute atomic E-state index is 13.4. The van der Waals surface area contributed by atoms with E-state index in [4.69, 9.17) is 0 Å². The molecule has 1 unspecified atom stereocenters. The van der Waals surface area contributed by atoms with Gasteiger partial charge in [0.1, 0.15) is 5.82 Å². The van der Waals surface area contributed by atoms with Crippen LogP contribution in [0.2, 0.25) is 0 Å². The summed E-state index contributed by atoms with van der Waals surface area (Å²) in [5.74, 6) is -0.564. The van der Waals surface area contributed by atoms with Gasteiger partial charge in [0, 0.05) is 30.9 Å². The molecule has 1 fully saturated rings. The summed E-state index contributed by atoms with van der Waals surface area (Å²) in [6, 6.07) is 4.08. The standard InChI is InChI=1S/C12H16FN3O2/c1-14-10-3-2-4-15(8-10)11-5-9(13)6-12(7-11)16(17)18/h5-7,10,14H,2-4,8H2,1H3. The van der Waals surface area contributed by atoms with Crippen molar-refractivity contribution in [2.24, 2.45) is 0 Å². The minimum atomic E-state index is -0.564. The van der Waals surface area contributed by atoms with E-state index >= 15 is 0 Å². The third-order valence-electron chi connectivity index (χ3n) is 3.27. The predicted octanol–water partition coefficient (Wildman–Crippen LogP) is 1.92. The third kappa shape index (κ3) is 2.76. The van der Waals surface area contributed by atoms with E-state index in [1.54, 1.807) is 0 Å². The zero-order valence-corrected chi connectivity index (χ0v) is 10.2. The van der Waals surface area contributed by atoms with Gasteiger partial charge in [-0.05, 0) is 26.0 Å². The van der Waals surface area contributed by atoms with Gasteiger partial charge in [0.05, 0.1) is 11.0 Å². The van der Waals surface area contributed by atoms with Gasteiger partial charge in [-0.25, -0.2) is 4.39 Å². The number of nitro benzene ring substituents is 1. The van der Waals surface area contributed by atoms with Crippen LogP contribution in [-0.4, -0.2) is 31.1 Å². The molecule has 2 rings (SSSR count). The highest BCUT2D eigenvalue weighted by Crippen LogP contribution is 2.25. The summed E-state index contributed by atoms with van der Waals surface area (Å²) in [5.41, 5.74) is 0.387. The van der Waals surface area contributed by atoms with Gasteiger partial charge in [-0.15, -0.1) is 0 Å². The van der Waals surface area contributed by atoms with E-state index in [9.17, 15) is 14.5 Å². The molecule has 5 nitrogen and oxygen atoms in total. The largest absolute Gasteiger partial charge is 0.370 e. The van der Waals surface area contributed by atoms with Crippen molar-refractivity contribution in [3.05, 3.63) is 34.1 Å². The summed E-state index contributed by atoms with van der Waals surface area (Å²) in [7, 11) is 1.89. The Labute approximate surface area is 105 Å². The zero-order valence-electron chi connectivity index (χ0n) is 10.2. The molecule has 1 aliphatic heterocycles. The second kappa shape index (κ2) is 5.30. The number of halogens is 1. The summed E-state index contributed by atoms with van der Waals surface area (Å²) in [5, 5.41) is 13.9. The van der Waals surface area contributed by atoms with Crippen molar-refractivity contribution in [2.45, 2.75) is 18.9 Å². The molecule has 6 heteroatoms. The van der Waals surface area contributed by atoms with Crippen LogP contribution in [0.5, 0.6) is 0 Å². The average molecular weight is 253 g/mol. The lowest BCUT2D eigenvalue weighted by atomic mass is 10.1. The van der Waals surface area contributed by atoms with Gasteiger partial charge in [-0.2, -0.15) is 0 Å². The maximum atomic E-state index is 13.4. The molecule has 1 aliphatic rings. The van der Waals surface area contributed by atoms with Gasteiger partial charge in [0.2, 0.25) is 0 Å². The number of likely N-dealkylation sites (N-methyl/N-ethyl adjacent to an activating group) is 1. The summed E-state index contributed by atoms with van der Waals surface area (Å²) >= 11 is 0. The van der Waals surface area contributed by atoms with Crippen LogP contribution in [0.3, 0.4) is 0 Å². The summed E-state index contributed by atoms with van der Waals surface area (Å²) < 4.78 is 13.4. The molecule has 98 valence electrons. The van der Waals surface area contributed by atoms with Crippen LogP contribution in [0.4, 0.5) is 15.8 Å². The van der Waals surface area contributed by atoms with Crippen molar-refractivity contribution >= 4 is 11.4 Å². The molecule has 0 bridgehead atoms. The van der Waals surface area contributed by atoms with Gasteiger partial charge >= 0.3 is 0 Å². The van der Waals surface area contributed by atoms with Crippen molar-refractivity contribution in [3.63, 3.8) is 0 Å². The van der Waals surface area contributed by atoms with Crippen LogP contribution in [0, 0.1) is 15.9 Å². The van der Waals surface area contributed by atoms with Crippen molar-refractivity contribution in [3.8, 4) is 0 Å². The number of nitrogens with one attached hydrogen (secondary N) is 1. The number of benzene rings is 1. The van der Waals surface area contributed by atoms with Gasteiger partial charge in [0.25, 0.3) is 5.69 Å². The molecule has 1 atom stereocenters. The van der Waals surface area contributed by atoms with Gasteiger partial charge < -0.3 is 10.2 Å². The lowest BCUT2D eigenvalue weighted by Gasteiger charge is -2.34. The number of piperidine rings is 1. The van der Waals surface area contributed by atoms with E-state index in [1.165, 1.54) is 12.1 Å². The number of hydrogen-bond donors (Lipinski definition) is 1. The number of anilines is 1. The molecule has 1 heterocycles. The smallest absolute Gasteiger partial charge is 0.274 e. The summed E-state index contributed by atoms with van der Waals surface area (Å²) in [6.45, 7) is 1.55. The van der Waals surface area contributed by atoms with Gasteiger partial charge in [0.15, 0.2) is 0 Å². The minimum Gasteiger partial charge on any atom is -0.370 e. The van der Waals surface area contributed by atoms with E-state index < -0.39 is 10.7 Å². The molecule has 0 amide bonds. The first-order valence-electron chi connectivity index (χ1n) is 5.97. The average Bonchev–Trinajstić information content (AvgIpc) is 2.38. The first-order valence-corrected chi connectivity index (χ1v) is 5.97. The monoisotopic (exact) mass is 253 g/mol. The Bertz CT molecular complexity index is 453. The van der Waals surface area contributed by atoms with Crippen LogP contribution in [0.1, 0.15) is 12.8 Å². The van der Waals surface area contributed by atoms with Crippen LogP contribution < -0.4 is 10.2 Å². The molecular formula is C12H16FN3O2. The molecule has 0 saturated carbocycles. The molecule has 0 spiro atoms. The van der Waals surface area contributed by atoms with Crippen molar-refractivity contribution < 1.29 is 9.31 Å². The molecule has 0 radical (unpaired) electrons. The Hall–Kier alpha value is -1.69. The number of rotatable bonds is 3. The van der Waals surface area contributed by atoms with E-state index in [1.807, 2.05) is 11.9 Å². The Balaban J connectivity index is 2.24. The highest BCUT2D eigenvalue weighted by Gasteiger charge is 2.21. The molecule has 0 aromatic heterocycles. The molecule has 18 heavy (non-hydrogen) atoms. The zero-order chi connectivity index (χ0) is 13.1. The second-order valence-electron chi connectivity index (χ2n) is 4.50. The first kappa shape index (κ1) is 12.8. The maximum Gasteiger partial charge on any atom is 0.274 e. The van der Waals surface area contributed by atoms with E-state index in [-0.39, 0.29) is 5.69 Å². The Morgan fingerprint density at radius 3 is 2.94 bits per heavy atom. The molecule has 1 aromatic rings. The first-order chi connectivity index (χ1) is 8.60. The van der Waals surface area contributed by atoms with Crippen LogP contribution in [0.25, 0.3) is 0 Å². The van der Waals surface area contributed by atoms with Crippen molar-refractivity contribution in [2.75, 3.05) is 25.0 Å². The van der Waals surface area contributed by atoms with E-state index in [2.05, 4.69) is 5.32 Å². The highest BCUT2D eigenvalue weighted by molar-refractivity contribution is 5.54. The van der Waals surface area contributed by atoms with Crippen LogP contribution in [0.15, 0.2) is 18.2 Å². The Morgan fingerprint density at radius 2 is 2.28 bits per heavy atom. The van der Waals surface area contributed by atoms with Crippen molar-refractivity contribution in [1.29, 1.82) is 0 Å². The predicted molar refractivity (Wildman–Crippen MR) is 67.3 cm³/mol. The van der Waals surface area contributed by atoms with Gasteiger partial charge in [-0.3, -0.25) is 10.1 Å². The Kier molecular flexibility index (Phi) is 3.76. The number of hydrogen-bond acceptors (Lipinski definition) is 4. The lowest BCUT2D eigenvalue weighted by Crippen LogP contribution is -2.44. The third-order valence-corrected chi connectivity index (χ3v) is 3.27. The van der Waals surface area contributed by atoms with E-state index in [0.29, 0.717) is 11.7 Å². The van der Waals surface area contributed by atoms with Crippen LogP contribution >= 0.6 is 0 Å². The molecule has 0 aliphatic carbocycles. The van der Waals surface area contributed by atoms with Crippen molar-refractivity contribution in [1.82, 2.24) is 5.32 Å².